The van der Waals surface area contributed by atoms with Crippen molar-refractivity contribution in [3.63, 3.8) is 0 Å². The van der Waals surface area contributed by atoms with Crippen LogP contribution in [0.1, 0.15) is 33.0 Å². The van der Waals surface area contributed by atoms with Crippen LogP contribution < -0.4 is 0 Å². The van der Waals surface area contributed by atoms with Crippen LogP contribution in [-0.4, -0.2) is 31.0 Å². The van der Waals surface area contributed by atoms with Crippen LogP contribution >= 0.6 is 0 Å². The summed E-state index contributed by atoms with van der Waals surface area (Å²) in [6.45, 7) is 0. The Balaban J connectivity index is 1.78. The molecule has 8 nitrogen and oxygen atoms in total. The van der Waals surface area contributed by atoms with Gasteiger partial charge >= 0.3 is 5.97 Å². The molecule has 1 atom stereocenters. The highest BCUT2D eigenvalue weighted by atomic mass is 16.6. The third-order valence-corrected chi connectivity index (χ3v) is 5.65. The molecule has 2 heterocycles. The van der Waals surface area contributed by atoms with E-state index in [0.717, 1.165) is 11.3 Å². The van der Waals surface area contributed by atoms with Gasteiger partial charge in [0.25, 0.3) is 5.69 Å². The summed E-state index contributed by atoms with van der Waals surface area (Å²) in [5.74, 6) is -0.533. The van der Waals surface area contributed by atoms with Gasteiger partial charge in [-0.3, -0.25) is 15.1 Å². The van der Waals surface area contributed by atoms with Gasteiger partial charge < -0.3 is 10.1 Å². The SMILES string of the molecule is O=C(O)c1ccc2nc(C3(c4ccccc4[N+](=O)[O-])C=Cc4ncccc4C3)[nH]c2c1. The third-order valence-electron chi connectivity index (χ3n) is 5.65. The number of aromatic nitrogens is 3. The largest absolute Gasteiger partial charge is 0.478 e. The zero-order valence-electron chi connectivity index (χ0n) is 16.1. The lowest BCUT2D eigenvalue weighted by atomic mass is 9.71. The van der Waals surface area contributed by atoms with Gasteiger partial charge in [0.2, 0.25) is 0 Å². The van der Waals surface area contributed by atoms with Gasteiger partial charge in [-0.25, -0.2) is 9.78 Å². The Kier molecular flexibility index (Phi) is 4.14. The van der Waals surface area contributed by atoms with Crippen molar-refractivity contribution in [1.82, 2.24) is 15.0 Å². The van der Waals surface area contributed by atoms with E-state index in [0.29, 0.717) is 28.8 Å². The van der Waals surface area contributed by atoms with Crippen LogP contribution in [0, 0.1) is 10.1 Å². The summed E-state index contributed by atoms with van der Waals surface area (Å²) >= 11 is 0. The number of hydrogen-bond donors (Lipinski definition) is 2. The fraction of sp³-hybridized carbons (Fsp3) is 0.0870. The number of pyridine rings is 1. The van der Waals surface area contributed by atoms with Crippen LogP contribution in [0.15, 0.2) is 66.9 Å². The molecule has 0 radical (unpaired) electrons. The lowest BCUT2D eigenvalue weighted by Crippen LogP contribution is -2.32. The van der Waals surface area contributed by atoms with Crippen molar-refractivity contribution < 1.29 is 14.8 Å². The molecule has 0 bridgehead atoms. The predicted molar refractivity (Wildman–Crippen MR) is 114 cm³/mol. The van der Waals surface area contributed by atoms with Crippen molar-refractivity contribution >= 4 is 28.8 Å². The van der Waals surface area contributed by atoms with Crippen LogP contribution in [0.4, 0.5) is 5.69 Å². The van der Waals surface area contributed by atoms with Gasteiger partial charge in [0.05, 0.1) is 32.6 Å². The second-order valence-corrected chi connectivity index (χ2v) is 7.43. The normalized spacial score (nSPS) is 17.4. The standard InChI is InChI=1S/C23H16N4O4/c28-21(29)14-7-8-18-19(12-14)26-22(25-18)23(16-5-1-2-6-20(16)27(30)31)10-9-17-15(13-23)4-3-11-24-17/h1-12H,13H2,(H,25,26)(H,28,29). The molecule has 8 heteroatoms. The van der Waals surface area contributed by atoms with Crippen LogP contribution in [0.2, 0.25) is 0 Å². The number of carbonyl (C=O) groups is 1. The first-order valence-electron chi connectivity index (χ1n) is 9.58. The molecule has 2 aromatic heterocycles. The van der Waals surface area contributed by atoms with Gasteiger partial charge in [0.15, 0.2) is 0 Å². The first-order valence-corrected chi connectivity index (χ1v) is 9.58. The number of nitrogens with one attached hydrogen (secondary N) is 1. The second-order valence-electron chi connectivity index (χ2n) is 7.43. The number of carboxylic acids is 1. The molecule has 0 saturated carbocycles. The van der Waals surface area contributed by atoms with E-state index >= 15 is 0 Å². The maximum absolute atomic E-state index is 11.8. The third kappa shape index (κ3) is 2.96. The minimum absolute atomic E-state index is 0.00817. The monoisotopic (exact) mass is 412 g/mol. The van der Waals surface area contributed by atoms with Crippen molar-refractivity contribution in [3.8, 4) is 0 Å². The quantitative estimate of drug-likeness (QED) is 0.384. The van der Waals surface area contributed by atoms with E-state index in [9.17, 15) is 20.0 Å². The van der Waals surface area contributed by atoms with Crippen molar-refractivity contribution in [2.24, 2.45) is 0 Å². The number of allylic oxidation sites excluding steroid dienone is 1. The Morgan fingerprint density at radius 1 is 1.16 bits per heavy atom. The average Bonchev–Trinajstić information content (AvgIpc) is 3.22. The summed E-state index contributed by atoms with van der Waals surface area (Å²) in [5, 5.41) is 21.2. The fourth-order valence-corrected chi connectivity index (χ4v) is 4.17. The molecule has 1 unspecified atom stereocenters. The molecule has 0 spiro atoms. The number of imidazole rings is 1. The minimum Gasteiger partial charge on any atom is -0.478 e. The predicted octanol–water partition coefficient (Wildman–Crippen LogP) is 4.12. The highest BCUT2D eigenvalue weighted by Gasteiger charge is 2.42. The highest BCUT2D eigenvalue weighted by molar-refractivity contribution is 5.92. The molecule has 1 aliphatic carbocycles. The van der Waals surface area contributed by atoms with E-state index < -0.39 is 16.3 Å². The zero-order valence-corrected chi connectivity index (χ0v) is 16.1. The number of aromatic amines is 1. The zero-order chi connectivity index (χ0) is 21.6. The van der Waals surface area contributed by atoms with Crippen molar-refractivity contribution in [2.45, 2.75) is 11.8 Å². The second kappa shape index (κ2) is 6.88. The van der Waals surface area contributed by atoms with E-state index in [2.05, 4.69) is 9.97 Å². The molecule has 0 aliphatic heterocycles. The number of nitro groups is 1. The molecule has 0 saturated heterocycles. The molecule has 1 aliphatic rings. The van der Waals surface area contributed by atoms with Gasteiger partial charge in [0, 0.05) is 17.8 Å². The minimum atomic E-state index is -1.04. The number of aromatic carboxylic acids is 1. The number of benzene rings is 2. The number of fused-ring (bicyclic) bond motifs is 2. The number of nitro benzene ring substituents is 1. The van der Waals surface area contributed by atoms with E-state index in [-0.39, 0.29) is 11.3 Å². The van der Waals surface area contributed by atoms with Gasteiger partial charge in [0.1, 0.15) is 5.82 Å². The molecule has 0 amide bonds. The number of para-hydroxylation sites is 1. The lowest BCUT2D eigenvalue weighted by Gasteiger charge is -2.32. The van der Waals surface area contributed by atoms with E-state index in [1.165, 1.54) is 18.2 Å². The maximum Gasteiger partial charge on any atom is 0.335 e. The lowest BCUT2D eigenvalue weighted by molar-refractivity contribution is -0.385. The molecule has 31 heavy (non-hydrogen) atoms. The smallest absolute Gasteiger partial charge is 0.335 e. The van der Waals surface area contributed by atoms with Crippen LogP contribution in [0.3, 0.4) is 0 Å². The van der Waals surface area contributed by atoms with Crippen molar-refractivity contribution in [3.05, 3.63) is 105 Å². The van der Waals surface area contributed by atoms with Gasteiger partial charge in [-0.2, -0.15) is 0 Å². The molecule has 5 rings (SSSR count). The Morgan fingerprint density at radius 3 is 2.81 bits per heavy atom. The van der Waals surface area contributed by atoms with E-state index in [4.69, 9.17) is 4.98 Å². The summed E-state index contributed by atoms with van der Waals surface area (Å²) in [6.07, 6.45) is 5.87. The van der Waals surface area contributed by atoms with Crippen LogP contribution in [0.5, 0.6) is 0 Å². The molecule has 0 fully saturated rings. The molecular weight excluding hydrogens is 396 g/mol. The topological polar surface area (TPSA) is 122 Å². The van der Waals surface area contributed by atoms with Gasteiger partial charge in [-0.05, 0) is 42.3 Å². The molecule has 2 aromatic carbocycles. The van der Waals surface area contributed by atoms with E-state index in [1.807, 2.05) is 24.3 Å². The van der Waals surface area contributed by atoms with Crippen molar-refractivity contribution in [1.29, 1.82) is 0 Å². The molecular formula is C23H16N4O4. The van der Waals surface area contributed by atoms with Gasteiger partial charge in [-0.1, -0.05) is 30.3 Å². The number of nitrogens with zero attached hydrogens (tertiary/aromatic N) is 3. The van der Waals surface area contributed by atoms with Crippen LogP contribution in [0.25, 0.3) is 17.1 Å². The first-order chi connectivity index (χ1) is 15.0. The Bertz CT molecular complexity index is 1390. The molecule has 4 aromatic rings. The highest BCUT2D eigenvalue weighted by Crippen LogP contribution is 2.44. The summed E-state index contributed by atoms with van der Waals surface area (Å²) < 4.78 is 0. The van der Waals surface area contributed by atoms with Gasteiger partial charge in [-0.15, -0.1) is 0 Å². The molecule has 152 valence electrons. The van der Waals surface area contributed by atoms with E-state index in [1.54, 1.807) is 30.5 Å². The average molecular weight is 412 g/mol. The summed E-state index contributed by atoms with van der Waals surface area (Å²) in [6, 6.07) is 15.0. The number of rotatable bonds is 4. The van der Waals surface area contributed by atoms with Crippen LogP contribution in [-0.2, 0) is 11.8 Å². The summed E-state index contributed by atoms with van der Waals surface area (Å²) in [5.41, 5.74) is 2.57. The van der Waals surface area contributed by atoms with Crippen molar-refractivity contribution in [2.75, 3.05) is 0 Å². The Hall–Kier alpha value is -4.33. The number of carboxylic acid groups (broad SMARTS) is 1. The Labute approximate surface area is 176 Å². The summed E-state index contributed by atoms with van der Waals surface area (Å²) in [7, 11) is 0. The molecule has 2 N–H and O–H groups in total. The fourth-order valence-electron chi connectivity index (χ4n) is 4.17. The number of H-pyrrole nitrogens is 1. The first kappa shape index (κ1) is 18.7. The summed E-state index contributed by atoms with van der Waals surface area (Å²) in [4.78, 5) is 35.2. The maximum atomic E-state index is 11.8. The number of hydrogen-bond acceptors (Lipinski definition) is 5. The Morgan fingerprint density at radius 2 is 2.00 bits per heavy atom.